The van der Waals surface area contributed by atoms with Gasteiger partial charge >= 0.3 is 12.0 Å². The predicted octanol–water partition coefficient (Wildman–Crippen LogP) is 2.08. The van der Waals surface area contributed by atoms with Gasteiger partial charge in [0.2, 0.25) is 0 Å². The molecule has 110 valence electrons. The molecule has 1 rings (SSSR count). The summed E-state index contributed by atoms with van der Waals surface area (Å²) in [6.45, 7) is 3.23. The molecule has 0 fully saturated rings. The zero-order chi connectivity index (χ0) is 15.3. The van der Waals surface area contributed by atoms with Crippen LogP contribution in [0.5, 0.6) is 0 Å². The topological polar surface area (TPSA) is 72.9 Å². The Kier molecular flexibility index (Phi) is 5.37. The summed E-state index contributed by atoms with van der Waals surface area (Å²) < 4.78 is 0. The molecule has 0 aliphatic carbocycles. The summed E-state index contributed by atoms with van der Waals surface area (Å²) in [5, 5.41) is 11.5. The second-order valence-corrected chi connectivity index (χ2v) is 4.99. The summed E-state index contributed by atoms with van der Waals surface area (Å²) in [4.78, 5) is 26.0. The molecule has 0 saturated heterocycles. The predicted molar refractivity (Wildman–Crippen MR) is 79.3 cm³/mol. The summed E-state index contributed by atoms with van der Waals surface area (Å²) >= 11 is 0. The number of carboxylic acids is 1. The van der Waals surface area contributed by atoms with Gasteiger partial charge in [0.1, 0.15) is 6.54 Å². The van der Waals surface area contributed by atoms with E-state index in [1.165, 1.54) is 4.90 Å². The van der Waals surface area contributed by atoms with Crippen molar-refractivity contribution in [1.82, 2.24) is 4.90 Å². The van der Waals surface area contributed by atoms with Crippen molar-refractivity contribution in [2.75, 3.05) is 30.9 Å². The lowest BCUT2D eigenvalue weighted by atomic mass is 10.2. The minimum absolute atomic E-state index is 0.188. The van der Waals surface area contributed by atoms with Gasteiger partial charge in [-0.3, -0.25) is 4.79 Å². The molecule has 0 spiro atoms. The maximum atomic E-state index is 12.0. The van der Waals surface area contributed by atoms with Crippen molar-refractivity contribution < 1.29 is 14.7 Å². The fraction of sp³-hybridized carbons (Fsp3) is 0.429. The number of carbonyl (C=O) groups excluding carboxylic acids is 1. The maximum Gasteiger partial charge on any atom is 0.323 e. The Labute approximate surface area is 119 Å². The number of nitrogens with one attached hydrogen (secondary N) is 1. The monoisotopic (exact) mass is 279 g/mol. The molecule has 0 unspecified atom stereocenters. The molecule has 0 aliphatic rings. The van der Waals surface area contributed by atoms with Gasteiger partial charge in [0.25, 0.3) is 0 Å². The number of hydrogen-bond acceptors (Lipinski definition) is 3. The van der Waals surface area contributed by atoms with E-state index in [4.69, 9.17) is 5.11 Å². The number of carbonyl (C=O) groups is 2. The van der Waals surface area contributed by atoms with Crippen molar-refractivity contribution in [3.05, 3.63) is 24.3 Å². The molecule has 0 atom stereocenters. The van der Waals surface area contributed by atoms with E-state index in [-0.39, 0.29) is 12.6 Å². The van der Waals surface area contributed by atoms with Crippen LogP contribution in [-0.4, -0.2) is 48.7 Å². The summed E-state index contributed by atoms with van der Waals surface area (Å²) in [6.07, 6.45) is 0. The molecule has 6 nitrogen and oxygen atoms in total. The molecule has 0 saturated carbocycles. The van der Waals surface area contributed by atoms with Gasteiger partial charge in [0.05, 0.1) is 0 Å². The molecule has 20 heavy (non-hydrogen) atoms. The van der Waals surface area contributed by atoms with E-state index in [2.05, 4.69) is 5.32 Å². The molecule has 2 amide bonds. The van der Waals surface area contributed by atoms with Crippen molar-refractivity contribution in [2.45, 2.75) is 19.9 Å². The van der Waals surface area contributed by atoms with Crippen LogP contribution in [-0.2, 0) is 4.79 Å². The molecule has 0 aliphatic heterocycles. The number of amides is 2. The van der Waals surface area contributed by atoms with Crippen LogP contribution >= 0.6 is 0 Å². The van der Waals surface area contributed by atoms with Crippen molar-refractivity contribution in [1.29, 1.82) is 0 Å². The van der Waals surface area contributed by atoms with Gasteiger partial charge in [0, 0.05) is 31.5 Å². The fourth-order valence-electron chi connectivity index (χ4n) is 1.67. The largest absolute Gasteiger partial charge is 0.480 e. The van der Waals surface area contributed by atoms with E-state index in [1.54, 1.807) is 26.0 Å². The van der Waals surface area contributed by atoms with Crippen LogP contribution in [0.2, 0.25) is 0 Å². The third-order valence-electron chi connectivity index (χ3n) is 2.82. The number of aliphatic carboxylic acids is 1. The lowest BCUT2D eigenvalue weighted by Gasteiger charge is -2.25. The lowest BCUT2D eigenvalue weighted by molar-refractivity contribution is -0.137. The van der Waals surface area contributed by atoms with Gasteiger partial charge in [-0.1, -0.05) is 0 Å². The van der Waals surface area contributed by atoms with Gasteiger partial charge in [-0.2, -0.15) is 0 Å². The van der Waals surface area contributed by atoms with E-state index in [0.717, 1.165) is 5.69 Å². The number of anilines is 2. The smallest absolute Gasteiger partial charge is 0.323 e. The van der Waals surface area contributed by atoms with Crippen LogP contribution < -0.4 is 10.2 Å². The normalized spacial score (nSPS) is 10.2. The summed E-state index contributed by atoms with van der Waals surface area (Å²) in [6, 6.07) is 6.73. The highest BCUT2D eigenvalue weighted by atomic mass is 16.4. The van der Waals surface area contributed by atoms with Crippen LogP contribution in [0.25, 0.3) is 0 Å². The maximum absolute atomic E-state index is 12.0. The number of rotatable bonds is 5. The van der Waals surface area contributed by atoms with Crippen molar-refractivity contribution >= 4 is 23.4 Å². The first kappa shape index (κ1) is 15.8. The summed E-state index contributed by atoms with van der Waals surface area (Å²) in [7, 11) is 3.86. The molecule has 6 heteroatoms. The van der Waals surface area contributed by atoms with E-state index < -0.39 is 12.0 Å². The molecule has 1 aromatic carbocycles. The molecule has 0 radical (unpaired) electrons. The van der Waals surface area contributed by atoms with Crippen LogP contribution in [0.4, 0.5) is 16.2 Å². The minimum Gasteiger partial charge on any atom is -0.480 e. The second kappa shape index (κ2) is 6.79. The summed E-state index contributed by atoms with van der Waals surface area (Å²) in [5.74, 6) is -1.03. The summed E-state index contributed by atoms with van der Waals surface area (Å²) in [5.41, 5.74) is 1.66. The number of urea groups is 1. The van der Waals surface area contributed by atoms with E-state index >= 15 is 0 Å². The number of nitrogens with zero attached hydrogens (tertiary/aromatic N) is 2. The Morgan fingerprint density at radius 2 is 1.75 bits per heavy atom. The molecule has 0 bridgehead atoms. The fourth-order valence-corrected chi connectivity index (χ4v) is 1.67. The number of hydrogen-bond donors (Lipinski definition) is 2. The Morgan fingerprint density at radius 1 is 1.20 bits per heavy atom. The van der Waals surface area contributed by atoms with Crippen LogP contribution in [0.15, 0.2) is 24.3 Å². The second-order valence-electron chi connectivity index (χ2n) is 4.99. The zero-order valence-corrected chi connectivity index (χ0v) is 12.3. The molecule has 2 N–H and O–H groups in total. The third-order valence-corrected chi connectivity index (χ3v) is 2.82. The standard InChI is InChI=1S/C14H21N3O3/c1-10(2)17(9-13(18)19)14(20)15-11-5-7-12(8-6-11)16(3)4/h5-8,10H,9H2,1-4H3,(H,15,20)(H,18,19). The molecular formula is C14H21N3O3. The van der Waals surface area contributed by atoms with Crippen molar-refractivity contribution in [3.63, 3.8) is 0 Å². The van der Waals surface area contributed by atoms with Gasteiger partial charge in [-0.25, -0.2) is 4.79 Å². The first-order valence-electron chi connectivity index (χ1n) is 6.38. The minimum atomic E-state index is -1.03. The average molecular weight is 279 g/mol. The Hall–Kier alpha value is -2.24. The molecular weight excluding hydrogens is 258 g/mol. The molecule has 1 aromatic rings. The van der Waals surface area contributed by atoms with Crippen LogP contribution in [0.1, 0.15) is 13.8 Å². The van der Waals surface area contributed by atoms with Gasteiger partial charge in [-0.15, -0.1) is 0 Å². The first-order chi connectivity index (χ1) is 9.31. The lowest BCUT2D eigenvalue weighted by Crippen LogP contribution is -2.43. The highest BCUT2D eigenvalue weighted by Gasteiger charge is 2.19. The highest BCUT2D eigenvalue weighted by molar-refractivity contribution is 5.91. The van der Waals surface area contributed by atoms with E-state index in [9.17, 15) is 9.59 Å². The van der Waals surface area contributed by atoms with E-state index in [0.29, 0.717) is 5.69 Å². The number of carboxylic acid groups (broad SMARTS) is 1. The Bertz CT molecular complexity index is 469. The quantitative estimate of drug-likeness (QED) is 0.865. The SMILES string of the molecule is CC(C)N(CC(=O)O)C(=O)Nc1ccc(N(C)C)cc1. The number of benzene rings is 1. The van der Waals surface area contributed by atoms with Gasteiger partial charge < -0.3 is 20.2 Å². The highest BCUT2D eigenvalue weighted by Crippen LogP contribution is 2.16. The van der Waals surface area contributed by atoms with Gasteiger partial charge in [0.15, 0.2) is 0 Å². The molecule has 0 heterocycles. The first-order valence-corrected chi connectivity index (χ1v) is 6.38. The zero-order valence-electron chi connectivity index (χ0n) is 12.3. The van der Waals surface area contributed by atoms with Gasteiger partial charge in [-0.05, 0) is 38.1 Å². The average Bonchev–Trinajstić information content (AvgIpc) is 2.35. The van der Waals surface area contributed by atoms with Crippen LogP contribution in [0.3, 0.4) is 0 Å². The van der Waals surface area contributed by atoms with Crippen molar-refractivity contribution in [3.8, 4) is 0 Å². The Balaban J connectivity index is 2.75. The van der Waals surface area contributed by atoms with Crippen LogP contribution in [0, 0.1) is 0 Å². The Morgan fingerprint density at radius 3 is 2.15 bits per heavy atom. The molecule has 0 aromatic heterocycles. The van der Waals surface area contributed by atoms with Crippen molar-refractivity contribution in [2.24, 2.45) is 0 Å². The van der Waals surface area contributed by atoms with E-state index in [1.807, 2.05) is 31.1 Å². The third kappa shape index (κ3) is 4.46.